The second-order valence-electron chi connectivity index (χ2n) is 5.67. The summed E-state index contributed by atoms with van der Waals surface area (Å²) in [4.78, 5) is 13.5. The molecule has 1 heterocycles. The smallest absolute Gasteiger partial charge is 0.327 e. The summed E-state index contributed by atoms with van der Waals surface area (Å²) < 4.78 is 5.46. The number of carbonyl (C=O) groups is 1. The predicted octanol–water partition coefficient (Wildman–Crippen LogP) is 4.28. The largest absolute Gasteiger partial charge is 0.459 e. The van der Waals surface area contributed by atoms with Crippen molar-refractivity contribution in [2.75, 3.05) is 0 Å². The van der Waals surface area contributed by atoms with Crippen LogP contribution in [-0.4, -0.2) is 11.6 Å². The first kappa shape index (κ1) is 16.5. The molecule has 0 bridgehead atoms. The standard InChI is InChI=1S/C16H21NO2S/c1-6-12(13-9-8-10-20-13)16(7-2,11-17)14(18)19-15(3,4)5/h6,8-10,12H,1,7H2,2-5H3/t12-,16+/m0/s1. The van der Waals surface area contributed by atoms with Crippen molar-refractivity contribution in [1.82, 2.24) is 0 Å². The summed E-state index contributed by atoms with van der Waals surface area (Å²) >= 11 is 1.52. The van der Waals surface area contributed by atoms with E-state index >= 15 is 0 Å². The van der Waals surface area contributed by atoms with Crippen LogP contribution in [0.2, 0.25) is 0 Å². The number of hydrogen-bond acceptors (Lipinski definition) is 4. The van der Waals surface area contributed by atoms with Gasteiger partial charge in [-0.1, -0.05) is 19.1 Å². The zero-order valence-electron chi connectivity index (χ0n) is 12.5. The summed E-state index contributed by atoms with van der Waals surface area (Å²) in [6.45, 7) is 11.0. The molecule has 4 heteroatoms. The van der Waals surface area contributed by atoms with Gasteiger partial charge in [-0.3, -0.25) is 4.79 Å². The van der Waals surface area contributed by atoms with Crippen molar-refractivity contribution in [2.24, 2.45) is 5.41 Å². The number of esters is 1. The number of thiophene rings is 1. The van der Waals surface area contributed by atoms with Crippen LogP contribution in [0.5, 0.6) is 0 Å². The first-order chi connectivity index (χ1) is 9.30. The summed E-state index contributed by atoms with van der Waals surface area (Å²) in [5.41, 5.74) is -1.84. The molecular weight excluding hydrogens is 270 g/mol. The molecule has 2 atom stereocenters. The Morgan fingerprint density at radius 2 is 2.25 bits per heavy atom. The van der Waals surface area contributed by atoms with E-state index < -0.39 is 17.0 Å². The van der Waals surface area contributed by atoms with Crippen LogP contribution in [0.15, 0.2) is 30.2 Å². The van der Waals surface area contributed by atoms with Gasteiger partial charge in [-0.05, 0) is 38.6 Å². The minimum absolute atomic E-state index is 0.354. The van der Waals surface area contributed by atoms with Crippen LogP contribution >= 0.6 is 11.3 Å². The highest BCUT2D eigenvalue weighted by molar-refractivity contribution is 7.10. The summed E-state index contributed by atoms with van der Waals surface area (Å²) in [7, 11) is 0. The van der Waals surface area contributed by atoms with Gasteiger partial charge >= 0.3 is 5.97 Å². The predicted molar refractivity (Wildman–Crippen MR) is 81.4 cm³/mol. The zero-order valence-corrected chi connectivity index (χ0v) is 13.3. The first-order valence-corrected chi connectivity index (χ1v) is 7.49. The van der Waals surface area contributed by atoms with Crippen molar-refractivity contribution >= 4 is 17.3 Å². The second-order valence-corrected chi connectivity index (χ2v) is 6.65. The molecule has 0 amide bonds. The van der Waals surface area contributed by atoms with E-state index in [4.69, 9.17) is 4.74 Å². The van der Waals surface area contributed by atoms with E-state index in [0.29, 0.717) is 6.42 Å². The molecule has 0 saturated heterocycles. The lowest BCUT2D eigenvalue weighted by Gasteiger charge is -2.32. The van der Waals surface area contributed by atoms with Crippen molar-refractivity contribution in [3.8, 4) is 6.07 Å². The minimum atomic E-state index is -1.22. The first-order valence-electron chi connectivity index (χ1n) is 6.61. The molecule has 0 fully saturated rings. The van der Waals surface area contributed by atoms with E-state index in [9.17, 15) is 10.1 Å². The van der Waals surface area contributed by atoms with Gasteiger partial charge in [0.05, 0.1) is 6.07 Å². The molecule has 3 nitrogen and oxygen atoms in total. The molecule has 0 N–H and O–H groups in total. The molecule has 1 aromatic heterocycles. The third kappa shape index (κ3) is 3.29. The van der Waals surface area contributed by atoms with Crippen LogP contribution in [0, 0.1) is 16.7 Å². The Morgan fingerprint density at radius 3 is 2.60 bits per heavy atom. The molecule has 0 aliphatic carbocycles. The van der Waals surface area contributed by atoms with E-state index in [-0.39, 0.29) is 5.92 Å². The Labute approximate surface area is 124 Å². The molecule has 1 aromatic rings. The van der Waals surface area contributed by atoms with E-state index in [1.165, 1.54) is 11.3 Å². The van der Waals surface area contributed by atoms with Crippen molar-refractivity contribution < 1.29 is 9.53 Å². The molecule has 0 radical (unpaired) electrons. The van der Waals surface area contributed by atoms with Crippen molar-refractivity contribution in [1.29, 1.82) is 5.26 Å². The van der Waals surface area contributed by atoms with Crippen LogP contribution in [0.25, 0.3) is 0 Å². The molecular formula is C16H21NO2S. The number of nitrogens with zero attached hydrogens (tertiary/aromatic N) is 1. The van der Waals surface area contributed by atoms with Gasteiger partial charge in [0.25, 0.3) is 0 Å². The number of allylic oxidation sites excluding steroid dienone is 1. The number of hydrogen-bond donors (Lipinski definition) is 0. The number of rotatable bonds is 5. The summed E-state index contributed by atoms with van der Waals surface area (Å²) in [6, 6.07) is 6.01. The van der Waals surface area contributed by atoms with Gasteiger partial charge in [0, 0.05) is 10.8 Å². The van der Waals surface area contributed by atoms with Gasteiger partial charge in [0.15, 0.2) is 5.41 Å². The highest BCUT2D eigenvalue weighted by Crippen LogP contribution is 2.43. The maximum absolute atomic E-state index is 12.6. The van der Waals surface area contributed by atoms with Crippen LogP contribution < -0.4 is 0 Å². The molecule has 1 rings (SSSR count). The molecule has 108 valence electrons. The zero-order chi connectivity index (χ0) is 15.4. The van der Waals surface area contributed by atoms with Crippen LogP contribution in [0.3, 0.4) is 0 Å². The Morgan fingerprint density at radius 1 is 1.60 bits per heavy atom. The lowest BCUT2D eigenvalue weighted by Crippen LogP contribution is -2.40. The lowest BCUT2D eigenvalue weighted by atomic mass is 9.73. The van der Waals surface area contributed by atoms with Crippen molar-refractivity contribution in [3.63, 3.8) is 0 Å². The molecule has 0 saturated carbocycles. The molecule has 0 spiro atoms. The molecule has 0 unspecified atom stereocenters. The maximum Gasteiger partial charge on any atom is 0.327 e. The second kappa shape index (κ2) is 6.23. The third-order valence-corrected chi connectivity index (χ3v) is 4.09. The minimum Gasteiger partial charge on any atom is -0.459 e. The van der Waals surface area contributed by atoms with Gasteiger partial charge in [0.1, 0.15) is 5.60 Å². The summed E-state index contributed by atoms with van der Waals surface area (Å²) in [5, 5.41) is 11.6. The van der Waals surface area contributed by atoms with Crippen LogP contribution in [-0.2, 0) is 9.53 Å². The Kier molecular flexibility index (Phi) is 5.13. The number of carbonyl (C=O) groups excluding carboxylic acids is 1. The number of nitriles is 1. The lowest BCUT2D eigenvalue weighted by molar-refractivity contribution is -0.165. The maximum atomic E-state index is 12.6. The fourth-order valence-electron chi connectivity index (χ4n) is 2.08. The van der Waals surface area contributed by atoms with Gasteiger partial charge in [0.2, 0.25) is 0 Å². The number of ether oxygens (including phenoxy) is 1. The SMILES string of the molecule is C=C[C@@H](c1cccs1)[C@](C#N)(CC)C(=O)OC(C)(C)C. The van der Waals surface area contributed by atoms with E-state index in [0.717, 1.165) is 4.88 Å². The van der Waals surface area contributed by atoms with Gasteiger partial charge in [-0.2, -0.15) is 5.26 Å². The topological polar surface area (TPSA) is 50.1 Å². The van der Waals surface area contributed by atoms with Gasteiger partial charge in [-0.25, -0.2) is 0 Å². The molecule has 0 aliphatic rings. The van der Waals surface area contributed by atoms with Crippen molar-refractivity contribution in [2.45, 2.75) is 45.6 Å². The average molecular weight is 291 g/mol. The van der Waals surface area contributed by atoms with E-state index in [1.54, 1.807) is 26.8 Å². The van der Waals surface area contributed by atoms with Crippen molar-refractivity contribution in [3.05, 3.63) is 35.0 Å². The van der Waals surface area contributed by atoms with Crippen LogP contribution in [0.1, 0.15) is 44.9 Å². The van der Waals surface area contributed by atoms with Gasteiger partial charge in [-0.15, -0.1) is 17.9 Å². The summed E-state index contributed by atoms with van der Waals surface area (Å²) in [6.07, 6.45) is 2.05. The van der Waals surface area contributed by atoms with E-state index in [1.807, 2.05) is 24.4 Å². The molecule has 0 aliphatic heterocycles. The van der Waals surface area contributed by atoms with E-state index in [2.05, 4.69) is 12.6 Å². The Bertz CT molecular complexity index is 508. The highest BCUT2D eigenvalue weighted by Gasteiger charge is 2.47. The average Bonchev–Trinajstić information content (AvgIpc) is 2.87. The quantitative estimate of drug-likeness (QED) is 0.601. The Hall–Kier alpha value is -1.60. The molecule has 0 aromatic carbocycles. The summed E-state index contributed by atoms with van der Waals surface area (Å²) in [5.74, 6) is -0.833. The fraction of sp³-hybridized carbons (Fsp3) is 0.500. The monoisotopic (exact) mass is 291 g/mol. The third-order valence-electron chi connectivity index (χ3n) is 3.14. The molecule has 20 heavy (non-hydrogen) atoms. The van der Waals surface area contributed by atoms with Gasteiger partial charge < -0.3 is 4.74 Å². The Balaban J connectivity index is 3.24. The highest BCUT2D eigenvalue weighted by atomic mass is 32.1. The van der Waals surface area contributed by atoms with Crippen LogP contribution in [0.4, 0.5) is 0 Å². The normalized spacial score (nSPS) is 15.8. The fourth-order valence-corrected chi connectivity index (χ4v) is 3.00.